The average Bonchev–Trinajstić information content (AvgIpc) is 2.18. The molecule has 0 saturated heterocycles. The molecule has 0 aromatic heterocycles. The van der Waals surface area contributed by atoms with E-state index in [4.69, 9.17) is 4.74 Å². The molecule has 15 heavy (non-hydrogen) atoms. The molecule has 3 heteroatoms. The van der Waals surface area contributed by atoms with Crippen LogP contribution in [0.3, 0.4) is 0 Å². The Kier molecular flexibility index (Phi) is 4.21. The van der Waals surface area contributed by atoms with Crippen molar-refractivity contribution in [1.82, 2.24) is 0 Å². The number of carbonyl (C=O) groups excluding carboxylic acids is 1. The molecule has 1 aromatic rings. The summed E-state index contributed by atoms with van der Waals surface area (Å²) in [4.78, 5) is 12.4. The number of carbonyl (C=O) groups is 1. The third kappa shape index (κ3) is 3.59. The van der Waals surface area contributed by atoms with Gasteiger partial charge in [-0.2, -0.15) is 0 Å². The number of hydrogen-bond donors (Lipinski definition) is 1. The first kappa shape index (κ1) is 12.1. The number of aryl methyl sites for hydroxylation is 1. The van der Waals surface area contributed by atoms with Gasteiger partial charge in [-0.25, -0.2) is 4.79 Å². The van der Waals surface area contributed by atoms with Gasteiger partial charge < -0.3 is 4.74 Å². The monoisotopic (exact) mass is 224 g/mol. The molecular formula is C12H16O2S. The summed E-state index contributed by atoms with van der Waals surface area (Å²) < 4.78 is 5.15. The number of esters is 1. The van der Waals surface area contributed by atoms with Crippen molar-refractivity contribution in [3.8, 4) is 0 Å². The van der Waals surface area contributed by atoms with Crippen LogP contribution >= 0.6 is 12.6 Å². The van der Waals surface area contributed by atoms with Crippen LogP contribution in [0.4, 0.5) is 0 Å². The highest BCUT2D eigenvalue weighted by Crippen LogP contribution is 2.15. The smallest absolute Gasteiger partial charge is 0.338 e. The minimum absolute atomic E-state index is 0.267. The van der Waals surface area contributed by atoms with Crippen LogP contribution < -0.4 is 0 Å². The molecule has 0 aliphatic heterocycles. The molecule has 0 saturated carbocycles. The van der Waals surface area contributed by atoms with Crippen molar-refractivity contribution in [2.45, 2.75) is 25.7 Å². The Bertz CT molecular complexity index is 359. The van der Waals surface area contributed by atoms with Gasteiger partial charge in [0, 0.05) is 4.90 Å². The predicted octanol–water partition coefficient (Wildman–Crippen LogP) is 3.10. The van der Waals surface area contributed by atoms with Crippen molar-refractivity contribution in [1.29, 1.82) is 0 Å². The molecule has 0 bridgehead atoms. The van der Waals surface area contributed by atoms with Gasteiger partial charge in [0.05, 0.1) is 12.2 Å². The van der Waals surface area contributed by atoms with E-state index in [1.54, 1.807) is 6.07 Å². The third-order valence-electron chi connectivity index (χ3n) is 1.99. The molecule has 0 radical (unpaired) electrons. The van der Waals surface area contributed by atoms with Gasteiger partial charge >= 0.3 is 5.97 Å². The zero-order chi connectivity index (χ0) is 11.4. The first-order valence-corrected chi connectivity index (χ1v) is 5.42. The lowest BCUT2D eigenvalue weighted by Crippen LogP contribution is -2.11. The van der Waals surface area contributed by atoms with E-state index in [1.165, 1.54) is 0 Å². The summed E-state index contributed by atoms with van der Waals surface area (Å²) in [5, 5.41) is 0. The van der Waals surface area contributed by atoms with Crippen LogP contribution in [0.2, 0.25) is 0 Å². The van der Waals surface area contributed by atoms with E-state index in [0.717, 1.165) is 10.5 Å². The lowest BCUT2D eigenvalue weighted by molar-refractivity contribution is 0.0458. The SMILES string of the molecule is Cc1ccc(S)cc1C(=O)OCC(C)C. The maximum atomic E-state index is 11.7. The van der Waals surface area contributed by atoms with Crippen molar-refractivity contribution in [2.75, 3.05) is 6.61 Å². The molecular weight excluding hydrogens is 208 g/mol. The van der Waals surface area contributed by atoms with E-state index >= 15 is 0 Å². The van der Waals surface area contributed by atoms with Crippen LogP contribution in [0.1, 0.15) is 29.8 Å². The summed E-state index contributed by atoms with van der Waals surface area (Å²) in [6.07, 6.45) is 0. The summed E-state index contributed by atoms with van der Waals surface area (Å²) in [7, 11) is 0. The summed E-state index contributed by atoms with van der Waals surface area (Å²) in [6.45, 7) is 6.36. The second-order valence-corrected chi connectivity index (χ2v) is 4.51. The highest BCUT2D eigenvalue weighted by molar-refractivity contribution is 7.80. The van der Waals surface area contributed by atoms with Gasteiger partial charge in [-0.3, -0.25) is 0 Å². The third-order valence-corrected chi connectivity index (χ3v) is 2.27. The van der Waals surface area contributed by atoms with Crippen LogP contribution in [0, 0.1) is 12.8 Å². The molecule has 0 amide bonds. The molecule has 0 unspecified atom stereocenters. The summed E-state index contributed by atoms with van der Waals surface area (Å²) >= 11 is 4.20. The largest absolute Gasteiger partial charge is 0.462 e. The Balaban J connectivity index is 2.77. The molecule has 82 valence electrons. The Hall–Kier alpha value is -0.960. The van der Waals surface area contributed by atoms with Gasteiger partial charge in [-0.15, -0.1) is 12.6 Å². The highest BCUT2D eigenvalue weighted by atomic mass is 32.1. The average molecular weight is 224 g/mol. The fraction of sp³-hybridized carbons (Fsp3) is 0.417. The van der Waals surface area contributed by atoms with Crippen LogP contribution in [0.15, 0.2) is 23.1 Å². The number of hydrogen-bond acceptors (Lipinski definition) is 3. The molecule has 0 aliphatic carbocycles. The van der Waals surface area contributed by atoms with Crippen LogP contribution in [0.25, 0.3) is 0 Å². The van der Waals surface area contributed by atoms with E-state index in [9.17, 15) is 4.79 Å². The summed E-state index contributed by atoms with van der Waals surface area (Å²) in [6, 6.07) is 5.47. The van der Waals surface area contributed by atoms with E-state index in [-0.39, 0.29) is 5.97 Å². The molecule has 0 aliphatic rings. The Labute approximate surface area is 96.1 Å². The van der Waals surface area contributed by atoms with Crippen LogP contribution in [0.5, 0.6) is 0 Å². The Morgan fingerprint density at radius 2 is 2.13 bits per heavy atom. The molecule has 0 atom stereocenters. The fourth-order valence-corrected chi connectivity index (χ4v) is 1.35. The maximum Gasteiger partial charge on any atom is 0.338 e. The van der Waals surface area contributed by atoms with E-state index in [1.807, 2.05) is 32.9 Å². The van der Waals surface area contributed by atoms with Gasteiger partial charge in [0.15, 0.2) is 0 Å². The highest BCUT2D eigenvalue weighted by Gasteiger charge is 2.11. The maximum absolute atomic E-state index is 11.7. The first-order valence-electron chi connectivity index (χ1n) is 4.97. The lowest BCUT2D eigenvalue weighted by Gasteiger charge is -2.09. The molecule has 0 N–H and O–H groups in total. The predicted molar refractivity (Wildman–Crippen MR) is 63.6 cm³/mol. The number of thiol groups is 1. The van der Waals surface area contributed by atoms with Crippen molar-refractivity contribution in [3.05, 3.63) is 29.3 Å². The second kappa shape index (κ2) is 5.21. The molecule has 1 rings (SSSR count). The van der Waals surface area contributed by atoms with Crippen molar-refractivity contribution >= 4 is 18.6 Å². The topological polar surface area (TPSA) is 26.3 Å². The van der Waals surface area contributed by atoms with Crippen molar-refractivity contribution in [3.63, 3.8) is 0 Å². The van der Waals surface area contributed by atoms with E-state index in [0.29, 0.717) is 18.1 Å². The fourth-order valence-electron chi connectivity index (χ4n) is 1.15. The van der Waals surface area contributed by atoms with Gasteiger partial charge in [-0.05, 0) is 30.5 Å². The zero-order valence-electron chi connectivity index (χ0n) is 9.28. The molecule has 0 heterocycles. The molecule has 1 aromatic carbocycles. The Morgan fingerprint density at radius 1 is 1.47 bits per heavy atom. The zero-order valence-corrected chi connectivity index (χ0v) is 10.2. The number of ether oxygens (including phenoxy) is 1. The first-order chi connectivity index (χ1) is 7.00. The number of benzene rings is 1. The van der Waals surface area contributed by atoms with E-state index < -0.39 is 0 Å². The van der Waals surface area contributed by atoms with E-state index in [2.05, 4.69) is 12.6 Å². The quantitative estimate of drug-likeness (QED) is 0.630. The van der Waals surface area contributed by atoms with Gasteiger partial charge in [0.2, 0.25) is 0 Å². The molecule has 0 fully saturated rings. The summed E-state index contributed by atoms with van der Waals surface area (Å²) in [5.74, 6) is 0.0885. The van der Waals surface area contributed by atoms with Gasteiger partial charge in [0.1, 0.15) is 0 Å². The standard InChI is InChI=1S/C12H16O2S/c1-8(2)7-14-12(13)11-6-10(15)5-4-9(11)3/h4-6,8,15H,7H2,1-3H3. The normalized spacial score (nSPS) is 10.5. The van der Waals surface area contributed by atoms with Crippen LogP contribution in [-0.4, -0.2) is 12.6 Å². The minimum atomic E-state index is -0.267. The van der Waals surface area contributed by atoms with Crippen molar-refractivity contribution < 1.29 is 9.53 Å². The van der Waals surface area contributed by atoms with Gasteiger partial charge in [-0.1, -0.05) is 19.9 Å². The minimum Gasteiger partial charge on any atom is -0.462 e. The Morgan fingerprint density at radius 3 is 2.73 bits per heavy atom. The second-order valence-electron chi connectivity index (χ2n) is 3.99. The summed E-state index contributed by atoms with van der Waals surface area (Å²) in [5.41, 5.74) is 1.52. The molecule has 2 nitrogen and oxygen atoms in total. The lowest BCUT2D eigenvalue weighted by atomic mass is 10.1. The van der Waals surface area contributed by atoms with Crippen LogP contribution in [-0.2, 0) is 4.74 Å². The van der Waals surface area contributed by atoms with Crippen molar-refractivity contribution in [2.24, 2.45) is 5.92 Å². The van der Waals surface area contributed by atoms with Gasteiger partial charge in [0.25, 0.3) is 0 Å². The number of rotatable bonds is 3. The molecule has 0 spiro atoms.